The number of allylic oxidation sites excluding steroid dienone is 9. The highest BCUT2D eigenvalue weighted by molar-refractivity contribution is 7.47. The van der Waals surface area contributed by atoms with Crippen LogP contribution in [0.2, 0.25) is 0 Å². The molecule has 0 aliphatic carbocycles. The first-order chi connectivity index (χ1) is 26.6. The third kappa shape index (κ3) is 43.0. The number of quaternary nitrogens is 1. The van der Waals surface area contributed by atoms with Crippen LogP contribution in [0.4, 0.5) is 0 Å². The van der Waals surface area contributed by atoms with Crippen molar-refractivity contribution in [3.63, 3.8) is 0 Å². The van der Waals surface area contributed by atoms with E-state index in [1.807, 2.05) is 27.2 Å². The summed E-state index contributed by atoms with van der Waals surface area (Å²) in [4.78, 5) is 22.8. The van der Waals surface area contributed by atoms with E-state index in [0.717, 1.165) is 51.4 Å². The molecular formula is C46H85NO7P+. The quantitative estimate of drug-likeness (QED) is 0.0165. The Morgan fingerprint density at radius 2 is 1.02 bits per heavy atom. The van der Waals surface area contributed by atoms with Crippen LogP contribution in [-0.2, 0) is 27.9 Å². The Kier molecular flexibility index (Phi) is 37.5. The molecule has 0 amide bonds. The van der Waals surface area contributed by atoms with Crippen molar-refractivity contribution in [1.29, 1.82) is 0 Å². The standard InChI is InChI=1S/C46H84NO7P/c1-6-8-10-12-14-16-18-20-22-23-24-25-26-27-29-31-33-35-37-39-46(48)54-45(44-53-55(49,50)52-42-40-47(3,4)5)43-51-41-38-36-34-32-30-28-21-19-17-15-13-11-9-7-2/h14,16,20,22,24-25,27,29,38,41,45H,6-13,15,17-19,21,23,26,28,30-37,39-40,42-44H2,1-5H3/p+1/b16-14-,22-20-,25-24-,29-27-,41-38-. The van der Waals surface area contributed by atoms with Gasteiger partial charge in [0, 0.05) is 6.42 Å². The maximum Gasteiger partial charge on any atom is 0.472 e. The molecule has 0 aromatic rings. The number of unbranched alkanes of at least 4 members (excludes halogenated alkanes) is 18. The molecule has 2 unspecified atom stereocenters. The van der Waals surface area contributed by atoms with E-state index in [1.54, 1.807) is 6.26 Å². The molecule has 0 heterocycles. The zero-order chi connectivity index (χ0) is 40.6. The highest BCUT2D eigenvalue weighted by Gasteiger charge is 2.26. The lowest BCUT2D eigenvalue weighted by Crippen LogP contribution is -2.37. The minimum atomic E-state index is -4.30. The number of carbonyl (C=O) groups excluding carboxylic acids is 1. The number of ether oxygens (including phenoxy) is 2. The van der Waals surface area contributed by atoms with Gasteiger partial charge < -0.3 is 18.9 Å². The molecule has 0 saturated carbocycles. The van der Waals surface area contributed by atoms with Crippen molar-refractivity contribution < 1.29 is 37.3 Å². The molecule has 0 rings (SSSR count). The fraction of sp³-hybridized carbons (Fsp3) is 0.761. The number of hydrogen-bond acceptors (Lipinski definition) is 6. The Morgan fingerprint density at radius 1 is 0.582 bits per heavy atom. The van der Waals surface area contributed by atoms with E-state index >= 15 is 0 Å². The van der Waals surface area contributed by atoms with Crippen molar-refractivity contribution in [2.45, 2.75) is 180 Å². The summed E-state index contributed by atoms with van der Waals surface area (Å²) >= 11 is 0. The number of hydrogen-bond donors (Lipinski definition) is 1. The number of phosphoric acid groups is 1. The van der Waals surface area contributed by atoms with Gasteiger partial charge in [0.1, 0.15) is 19.8 Å². The molecule has 0 radical (unpaired) electrons. The first-order valence-corrected chi connectivity index (χ1v) is 23.6. The van der Waals surface area contributed by atoms with Gasteiger partial charge in [-0.25, -0.2) is 4.57 Å². The molecule has 0 bridgehead atoms. The second kappa shape index (κ2) is 38.9. The van der Waals surface area contributed by atoms with E-state index in [0.29, 0.717) is 17.4 Å². The minimum absolute atomic E-state index is 0.0334. The van der Waals surface area contributed by atoms with Gasteiger partial charge in [-0.05, 0) is 70.3 Å². The molecular weight excluding hydrogens is 709 g/mol. The van der Waals surface area contributed by atoms with Gasteiger partial charge >= 0.3 is 13.8 Å². The molecule has 0 fully saturated rings. The zero-order valence-electron chi connectivity index (χ0n) is 36.1. The van der Waals surface area contributed by atoms with Crippen LogP contribution in [-0.4, -0.2) is 69.0 Å². The van der Waals surface area contributed by atoms with Crippen LogP contribution in [0, 0.1) is 0 Å². The maximum atomic E-state index is 12.7. The van der Waals surface area contributed by atoms with Crippen LogP contribution in [0.3, 0.4) is 0 Å². The molecule has 2 atom stereocenters. The second-order valence-corrected chi connectivity index (χ2v) is 17.2. The van der Waals surface area contributed by atoms with Crippen molar-refractivity contribution in [1.82, 2.24) is 0 Å². The summed E-state index contributed by atoms with van der Waals surface area (Å²) in [6, 6.07) is 0. The first-order valence-electron chi connectivity index (χ1n) is 22.1. The SMILES string of the molecule is CCCCC/C=C\C/C=C\C/C=C\C/C=C\CCCCCC(=O)OC(CO/C=C\CCCCCCCCCCCCCC)COP(=O)(O)OCC[N+](C)(C)C. The van der Waals surface area contributed by atoms with E-state index in [-0.39, 0.29) is 32.2 Å². The molecule has 320 valence electrons. The normalized spacial score (nSPS) is 14.3. The fourth-order valence-electron chi connectivity index (χ4n) is 5.68. The largest absolute Gasteiger partial charge is 0.498 e. The topological polar surface area (TPSA) is 91.3 Å². The number of esters is 1. The lowest BCUT2D eigenvalue weighted by atomic mass is 10.0. The Bertz CT molecular complexity index is 1060. The lowest BCUT2D eigenvalue weighted by Gasteiger charge is -2.24. The lowest BCUT2D eigenvalue weighted by molar-refractivity contribution is -0.870. The summed E-state index contributed by atoms with van der Waals surface area (Å²) in [6.45, 7) is 4.86. The van der Waals surface area contributed by atoms with E-state index < -0.39 is 13.9 Å². The van der Waals surface area contributed by atoms with Crippen LogP contribution in [0.1, 0.15) is 174 Å². The smallest absolute Gasteiger partial charge is 0.472 e. The number of rotatable bonds is 40. The van der Waals surface area contributed by atoms with Crippen LogP contribution in [0.15, 0.2) is 60.9 Å². The van der Waals surface area contributed by atoms with E-state index in [4.69, 9.17) is 18.5 Å². The van der Waals surface area contributed by atoms with Gasteiger partial charge in [-0.1, -0.05) is 152 Å². The van der Waals surface area contributed by atoms with E-state index in [9.17, 15) is 14.3 Å². The molecule has 1 N–H and O–H groups in total. The monoisotopic (exact) mass is 795 g/mol. The predicted molar refractivity (Wildman–Crippen MR) is 233 cm³/mol. The minimum Gasteiger partial charge on any atom is -0.498 e. The summed E-state index contributed by atoms with van der Waals surface area (Å²) in [7, 11) is 1.61. The summed E-state index contributed by atoms with van der Waals surface area (Å²) in [5.41, 5.74) is 0. The number of likely N-dealkylation sites (N-methyl/N-ethyl adjacent to an activating group) is 1. The third-order valence-electron chi connectivity index (χ3n) is 9.15. The highest BCUT2D eigenvalue weighted by atomic mass is 31.2. The Balaban J connectivity index is 4.37. The van der Waals surface area contributed by atoms with Gasteiger partial charge in [0.05, 0.1) is 34.0 Å². The maximum absolute atomic E-state index is 12.7. The Hall–Kier alpha value is -1.96. The number of phosphoric ester groups is 1. The molecule has 0 aliphatic heterocycles. The summed E-state index contributed by atoms with van der Waals surface area (Å²) < 4.78 is 34.7. The molecule has 0 aliphatic rings. The summed E-state index contributed by atoms with van der Waals surface area (Å²) in [6.07, 6.45) is 49.2. The van der Waals surface area contributed by atoms with Gasteiger partial charge in [0.2, 0.25) is 0 Å². The van der Waals surface area contributed by atoms with Gasteiger partial charge in [0.25, 0.3) is 0 Å². The molecule has 55 heavy (non-hydrogen) atoms. The van der Waals surface area contributed by atoms with E-state index in [1.165, 1.54) is 96.3 Å². The Morgan fingerprint density at radius 3 is 1.55 bits per heavy atom. The average Bonchev–Trinajstić information content (AvgIpc) is 3.13. The third-order valence-corrected chi connectivity index (χ3v) is 10.1. The summed E-state index contributed by atoms with van der Waals surface area (Å²) in [5.74, 6) is -0.367. The van der Waals surface area contributed by atoms with Crippen LogP contribution < -0.4 is 0 Å². The molecule has 8 nitrogen and oxygen atoms in total. The molecule has 0 aromatic heterocycles. The van der Waals surface area contributed by atoms with Crippen molar-refractivity contribution in [2.24, 2.45) is 0 Å². The van der Waals surface area contributed by atoms with Crippen LogP contribution in [0.25, 0.3) is 0 Å². The van der Waals surface area contributed by atoms with Crippen molar-refractivity contribution in [3.8, 4) is 0 Å². The van der Waals surface area contributed by atoms with Crippen molar-refractivity contribution >= 4 is 13.8 Å². The van der Waals surface area contributed by atoms with Crippen LogP contribution in [0.5, 0.6) is 0 Å². The zero-order valence-corrected chi connectivity index (χ0v) is 37.0. The molecule has 0 spiro atoms. The van der Waals surface area contributed by atoms with Gasteiger partial charge in [0.15, 0.2) is 6.10 Å². The van der Waals surface area contributed by atoms with Gasteiger partial charge in [-0.2, -0.15) is 0 Å². The van der Waals surface area contributed by atoms with E-state index in [2.05, 4.69) is 62.5 Å². The number of nitrogens with zero attached hydrogens (tertiary/aromatic N) is 1. The number of carbonyl (C=O) groups is 1. The average molecular weight is 795 g/mol. The fourth-order valence-corrected chi connectivity index (χ4v) is 6.42. The predicted octanol–water partition coefficient (Wildman–Crippen LogP) is 13.3. The summed E-state index contributed by atoms with van der Waals surface area (Å²) in [5, 5.41) is 0. The highest BCUT2D eigenvalue weighted by Crippen LogP contribution is 2.43. The molecule has 9 heteroatoms. The first kappa shape index (κ1) is 53.0. The van der Waals surface area contributed by atoms with Crippen molar-refractivity contribution in [3.05, 3.63) is 60.9 Å². The molecule has 0 saturated heterocycles. The van der Waals surface area contributed by atoms with Crippen molar-refractivity contribution in [2.75, 3.05) is 47.5 Å². The molecule has 0 aromatic carbocycles. The van der Waals surface area contributed by atoms with Gasteiger partial charge in [-0.3, -0.25) is 13.8 Å². The Labute approximate surface area is 339 Å². The van der Waals surface area contributed by atoms with Crippen LogP contribution >= 0.6 is 7.82 Å². The second-order valence-electron chi connectivity index (χ2n) is 15.8. The van der Waals surface area contributed by atoms with Gasteiger partial charge in [-0.15, -0.1) is 0 Å².